The van der Waals surface area contributed by atoms with E-state index in [0.717, 1.165) is 5.76 Å². The van der Waals surface area contributed by atoms with Gasteiger partial charge in [-0.3, -0.25) is 9.52 Å². The second-order valence-electron chi connectivity index (χ2n) is 4.50. The van der Waals surface area contributed by atoms with E-state index in [1.54, 1.807) is 6.92 Å². The van der Waals surface area contributed by atoms with Gasteiger partial charge in [-0.2, -0.15) is 0 Å². The number of nitrogens with two attached hydrogens (primary N) is 1. The molecule has 0 fully saturated rings. The molecule has 6 nitrogen and oxygen atoms in total. The Balaban J connectivity index is 2.34. The number of carbonyl (C=O) groups is 1. The first kappa shape index (κ1) is 13.9. The molecule has 108 valence electrons. The summed E-state index contributed by atoms with van der Waals surface area (Å²) in [5, 5.41) is 0.631. The van der Waals surface area contributed by atoms with Crippen LogP contribution in [0.4, 0.5) is 5.69 Å². The Morgan fingerprint density at radius 1 is 1.38 bits per heavy atom. The summed E-state index contributed by atoms with van der Waals surface area (Å²) in [5.74, 6) is 1.60. The summed E-state index contributed by atoms with van der Waals surface area (Å²) >= 11 is 4.98. The highest BCUT2D eigenvalue weighted by atomic mass is 32.1. The van der Waals surface area contributed by atoms with Crippen molar-refractivity contribution >= 4 is 46.0 Å². The Morgan fingerprint density at radius 3 is 2.76 bits per heavy atom. The zero-order valence-electron chi connectivity index (χ0n) is 11.3. The van der Waals surface area contributed by atoms with Crippen LogP contribution in [-0.4, -0.2) is 15.9 Å². The average Bonchev–Trinajstić information content (AvgIpc) is 3.01. The Labute approximate surface area is 129 Å². The van der Waals surface area contributed by atoms with E-state index in [-0.39, 0.29) is 5.91 Å². The third-order valence-electron chi connectivity index (χ3n) is 2.98. The van der Waals surface area contributed by atoms with Gasteiger partial charge in [0.1, 0.15) is 27.0 Å². The quantitative estimate of drug-likeness (QED) is 0.631. The molecule has 0 saturated carbocycles. The highest BCUT2D eigenvalue weighted by Crippen LogP contribution is 2.38. The van der Waals surface area contributed by atoms with E-state index in [2.05, 4.69) is 27.5 Å². The van der Waals surface area contributed by atoms with E-state index in [0.29, 0.717) is 38.1 Å². The summed E-state index contributed by atoms with van der Waals surface area (Å²) in [5.41, 5.74) is 7.04. The number of amides is 1. The smallest absolute Gasteiger partial charge is 0.273 e. The molecular formula is C13H12N4O2S2. The van der Waals surface area contributed by atoms with Crippen molar-refractivity contribution in [2.24, 2.45) is 0 Å². The molecule has 0 saturated heterocycles. The fraction of sp³-hybridized carbons (Fsp3) is 0.154. The molecular weight excluding hydrogens is 308 g/mol. The fourth-order valence-corrected chi connectivity index (χ4v) is 3.31. The zero-order chi connectivity index (χ0) is 15.1. The minimum absolute atomic E-state index is 0.339. The van der Waals surface area contributed by atoms with Crippen molar-refractivity contribution in [3.63, 3.8) is 0 Å². The number of hydrogen-bond donors (Lipinski definition) is 3. The lowest BCUT2D eigenvalue weighted by atomic mass is 10.2. The number of aryl methyl sites for hydroxylation is 2. The number of nitrogens with one attached hydrogen (secondary N) is 1. The molecule has 21 heavy (non-hydrogen) atoms. The van der Waals surface area contributed by atoms with Gasteiger partial charge in [-0.1, -0.05) is 12.8 Å². The Kier molecular flexibility index (Phi) is 3.34. The van der Waals surface area contributed by atoms with Crippen LogP contribution in [0.1, 0.15) is 21.3 Å². The summed E-state index contributed by atoms with van der Waals surface area (Å²) in [6.45, 7) is 3.64. The van der Waals surface area contributed by atoms with Crippen LogP contribution in [0.5, 0.6) is 0 Å². The summed E-state index contributed by atoms with van der Waals surface area (Å²) < 4.78 is 7.90. The van der Waals surface area contributed by atoms with Gasteiger partial charge in [0.15, 0.2) is 5.76 Å². The number of nitrogens with zero attached hydrogens (tertiary/aromatic N) is 2. The van der Waals surface area contributed by atoms with Crippen LogP contribution in [0.3, 0.4) is 0 Å². The summed E-state index contributed by atoms with van der Waals surface area (Å²) in [4.78, 5) is 21.6. The number of furan rings is 1. The molecule has 0 spiro atoms. The third kappa shape index (κ3) is 2.26. The Hall–Kier alpha value is -2.06. The van der Waals surface area contributed by atoms with Crippen molar-refractivity contribution in [3.8, 4) is 11.5 Å². The van der Waals surface area contributed by atoms with Gasteiger partial charge >= 0.3 is 0 Å². The van der Waals surface area contributed by atoms with E-state index in [4.69, 9.17) is 10.2 Å². The molecule has 3 heterocycles. The van der Waals surface area contributed by atoms with E-state index < -0.39 is 0 Å². The van der Waals surface area contributed by atoms with Crippen molar-refractivity contribution in [2.45, 2.75) is 13.8 Å². The molecule has 8 heteroatoms. The molecule has 0 atom stereocenters. The number of aromatic nitrogens is 2. The maximum atomic E-state index is 11.8. The average molecular weight is 320 g/mol. The van der Waals surface area contributed by atoms with Crippen molar-refractivity contribution in [3.05, 3.63) is 28.6 Å². The van der Waals surface area contributed by atoms with Crippen LogP contribution in [0.2, 0.25) is 0 Å². The zero-order valence-corrected chi connectivity index (χ0v) is 13.0. The summed E-state index contributed by atoms with van der Waals surface area (Å²) in [6, 6.07) is 3.68. The lowest BCUT2D eigenvalue weighted by Crippen LogP contribution is -2.12. The van der Waals surface area contributed by atoms with Crippen molar-refractivity contribution in [2.75, 3.05) is 5.73 Å². The second kappa shape index (κ2) is 5.05. The van der Waals surface area contributed by atoms with Crippen LogP contribution in [-0.2, 0) is 0 Å². The van der Waals surface area contributed by atoms with Gasteiger partial charge in [-0.15, -0.1) is 11.3 Å². The number of anilines is 1. The first-order valence-corrected chi connectivity index (χ1v) is 7.35. The molecule has 0 radical (unpaired) electrons. The molecule has 3 aromatic heterocycles. The van der Waals surface area contributed by atoms with Gasteiger partial charge in [0.2, 0.25) is 0 Å². The van der Waals surface area contributed by atoms with Crippen LogP contribution in [0, 0.1) is 13.8 Å². The standard InChI is InChI=1S/C13H12N4O2S2/c1-5-3-4-7(19-5)10-8-9(14)11(12(18)17-20)21-13(8)16-6(2)15-10/h3-4,20H,14H2,1-2H3,(H,17,18). The molecule has 0 bridgehead atoms. The normalized spacial score (nSPS) is 11.0. The highest BCUT2D eigenvalue weighted by Gasteiger charge is 2.22. The summed E-state index contributed by atoms with van der Waals surface area (Å²) in [7, 11) is 0. The van der Waals surface area contributed by atoms with E-state index >= 15 is 0 Å². The number of fused-ring (bicyclic) bond motifs is 1. The van der Waals surface area contributed by atoms with Crippen molar-refractivity contribution < 1.29 is 9.21 Å². The van der Waals surface area contributed by atoms with Gasteiger partial charge in [0.25, 0.3) is 5.91 Å². The molecule has 0 aliphatic heterocycles. The Bertz CT molecular complexity index is 853. The van der Waals surface area contributed by atoms with E-state index in [1.807, 2.05) is 19.1 Å². The first-order valence-electron chi connectivity index (χ1n) is 6.09. The first-order chi connectivity index (χ1) is 10.0. The van der Waals surface area contributed by atoms with Crippen molar-refractivity contribution in [1.82, 2.24) is 14.7 Å². The maximum Gasteiger partial charge on any atom is 0.273 e. The van der Waals surface area contributed by atoms with Crippen LogP contribution >= 0.6 is 24.2 Å². The van der Waals surface area contributed by atoms with Gasteiger partial charge < -0.3 is 10.2 Å². The van der Waals surface area contributed by atoms with Crippen LogP contribution in [0.15, 0.2) is 16.5 Å². The lowest BCUT2D eigenvalue weighted by Gasteiger charge is -2.02. The second-order valence-corrected chi connectivity index (χ2v) is 5.72. The summed E-state index contributed by atoms with van der Waals surface area (Å²) in [6.07, 6.45) is 0. The van der Waals surface area contributed by atoms with E-state index in [1.165, 1.54) is 11.3 Å². The van der Waals surface area contributed by atoms with Gasteiger partial charge in [-0.25, -0.2) is 9.97 Å². The van der Waals surface area contributed by atoms with Gasteiger partial charge in [0, 0.05) is 0 Å². The number of thiol groups is 1. The maximum absolute atomic E-state index is 11.8. The Morgan fingerprint density at radius 2 is 2.14 bits per heavy atom. The topological polar surface area (TPSA) is 94.0 Å². The molecule has 1 amide bonds. The molecule has 0 unspecified atom stereocenters. The molecule has 3 N–H and O–H groups in total. The lowest BCUT2D eigenvalue weighted by molar-refractivity contribution is 0.0990. The highest BCUT2D eigenvalue weighted by molar-refractivity contribution is 7.78. The fourth-order valence-electron chi connectivity index (χ4n) is 2.09. The molecule has 3 aromatic rings. The minimum atomic E-state index is -0.363. The minimum Gasteiger partial charge on any atom is -0.460 e. The van der Waals surface area contributed by atoms with Crippen molar-refractivity contribution in [1.29, 1.82) is 0 Å². The molecule has 0 aliphatic rings. The number of hydrogen-bond acceptors (Lipinski definition) is 7. The largest absolute Gasteiger partial charge is 0.460 e. The number of carbonyl (C=O) groups excluding carboxylic acids is 1. The predicted molar refractivity (Wildman–Crippen MR) is 85.5 cm³/mol. The van der Waals surface area contributed by atoms with E-state index in [9.17, 15) is 4.79 Å². The monoisotopic (exact) mass is 320 g/mol. The van der Waals surface area contributed by atoms with Gasteiger partial charge in [0.05, 0.1) is 11.1 Å². The van der Waals surface area contributed by atoms with Crippen LogP contribution < -0.4 is 10.5 Å². The molecule has 0 aliphatic carbocycles. The molecule has 3 rings (SSSR count). The SMILES string of the molecule is Cc1nc(-c2ccc(C)o2)c2c(N)c(C(=O)NS)sc2n1. The van der Waals surface area contributed by atoms with Crippen LogP contribution in [0.25, 0.3) is 21.7 Å². The number of nitrogen functional groups attached to an aromatic ring is 1. The third-order valence-corrected chi connectivity index (χ3v) is 4.28. The predicted octanol–water partition coefficient (Wildman–Crippen LogP) is 2.72. The molecule has 0 aromatic carbocycles. The number of rotatable bonds is 2. The number of thiophene rings is 1. The van der Waals surface area contributed by atoms with Gasteiger partial charge in [-0.05, 0) is 26.0 Å².